The number of nitrogens with zero attached hydrogens (tertiary/aromatic N) is 1. The van der Waals surface area contributed by atoms with Gasteiger partial charge in [-0.1, -0.05) is 39.0 Å². The van der Waals surface area contributed by atoms with Crippen LogP contribution >= 0.6 is 0 Å². The second-order valence-electron chi connectivity index (χ2n) is 8.68. The van der Waals surface area contributed by atoms with Gasteiger partial charge in [-0.05, 0) is 72.2 Å². The summed E-state index contributed by atoms with van der Waals surface area (Å²) < 4.78 is 11.2. The topological polar surface area (TPSA) is 59.0 Å². The Kier molecular flexibility index (Phi) is 8.74. The van der Waals surface area contributed by atoms with Gasteiger partial charge in [0.05, 0.1) is 6.61 Å². The van der Waals surface area contributed by atoms with Gasteiger partial charge in [0.15, 0.2) is 0 Å². The standard InChI is InChI=1S/C27H35NO4/c1-4-14-31-15-16-32-25-10-7-21(8-11-25)22-9-12-26-24(17-22)18-23(27(29)30)6-5-13-28(26)19-20(2)3/h7-12,17-18,20H,4-6,13-16,19H2,1-3H3,(H,29,30)/b23-18+. The lowest BCUT2D eigenvalue weighted by Gasteiger charge is -2.30. The van der Waals surface area contributed by atoms with E-state index in [4.69, 9.17) is 9.47 Å². The zero-order valence-corrected chi connectivity index (χ0v) is 19.5. The molecule has 5 heteroatoms. The van der Waals surface area contributed by atoms with Crippen LogP contribution in [0.1, 0.15) is 45.6 Å². The fraction of sp³-hybridized carbons (Fsp3) is 0.444. The van der Waals surface area contributed by atoms with Crippen molar-refractivity contribution >= 4 is 17.7 Å². The van der Waals surface area contributed by atoms with Crippen molar-refractivity contribution in [3.8, 4) is 16.9 Å². The molecule has 0 bridgehead atoms. The first-order valence-electron chi connectivity index (χ1n) is 11.6. The van der Waals surface area contributed by atoms with Crippen LogP contribution in [0.4, 0.5) is 5.69 Å². The van der Waals surface area contributed by atoms with Crippen LogP contribution in [0.3, 0.4) is 0 Å². The van der Waals surface area contributed by atoms with E-state index in [0.717, 1.165) is 60.7 Å². The summed E-state index contributed by atoms with van der Waals surface area (Å²) >= 11 is 0. The minimum atomic E-state index is -0.830. The molecule has 5 nitrogen and oxygen atoms in total. The molecule has 0 atom stereocenters. The molecule has 0 fully saturated rings. The van der Waals surface area contributed by atoms with Gasteiger partial charge in [0.25, 0.3) is 0 Å². The van der Waals surface area contributed by atoms with Gasteiger partial charge in [-0.3, -0.25) is 0 Å². The Bertz CT molecular complexity index is 918. The first-order chi connectivity index (χ1) is 15.5. The molecule has 0 aliphatic carbocycles. The Balaban J connectivity index is 1.83. The van der Waals surface area contributed by atoms with Crippen molar-refractivity contribution < 1.29 is 19.4 Å². The largest absolute Gasteiger partial charge is 0.491 e. The number of rotatable bonds is 10. The molecule has 2 aromatic rings. The lowest BCUT2D eigenvalue weighted by Crippen LogP contribution is -2.30. The Morgan fingerprint density at radius 2 is 1.81 bits per heavy atom. The number of carboxylic acid groups (broad SMARTS) is 1. The fourth-order valence-electron chi connectivity index (χ4n) is 3.99. The maximum Gasteiger partial charge on any atom is 0.331 e. The van der Waals surface area contributed by atoms with Crippen LogP contribution in [0.5, 0.6) is 5.75 Å². The van der Waals surface area contributed by atoms with Gasteiger partial charge < -0.3 is 19.5 Å². The van der Waals surface area contributed by atoms with E-state index < -0.39 is 5.97 Å². The highest BCUT2D eigenvalue weighted by molar-refractivity contribution is 5.94. The summed E-state index contributed by atoms with van der Waals surface area (Å²) in [5.41, 5.74) is 4.68. The number of carbonyl (C=O) groups is 1. The number of hydrogen-bond donors (Lipinski definition) is 1. The van der Waals surface area contributed by atoms with Gasteiger partial charge in [0, 0.05) is 31.0 Å². The quantitative estimate of drug-likeness (QED) is 0.470. The fourth-order valence-corrected chi connectivity index (χ4v) is 3.99. The van der Waals surface area contributed by atoms with Gasteiger partial charge >= 0.3 is 5.97 Å². The zero-order valence-electron chi connectivity index (χ0n) is 19.5. The summed E-state index contributed by atoms with van der Waals surface area (Å²) in [6.45, 7) is 10.2. The predicted octanol–water partition coefficient (Wildman–Crippen LogP) is 5.88. The van der Waals surface area contributed by atoms with Crippen molar-refractivity contribution in [3.63, 3.8) is 0 Å². The van der Waals surface area contributed by atoms with E-state index in [0.29, 0.717) is 31.1 Å². The molecule has 1 aliphatic heterocycles. The summed E-state index contributed by atoms with van der Waals surface area (Å²) in [7, 11) is 0. The lowest BCUT2D eigenvalue weighted by molar-refractivity contribution is -0.132. The van der Waals surface area contributed by atoms with Crippen LogP contribution in [0.2, 0.25) is 0 Å². The smallest absolute Gasteiger partial charge is 0.331 e. The monoisotopic (exact) mass is 437 g/mol. The van der Waals surface area contributed by atoms with Gasteiger partial charge in [-0.25, -0.2) is 4.79 Å². The molecule has 0 amide bonds. The Labute approximate surface area is 191 Å². The highest BCUT2D eigenvalue weighted by Crippen LogP contribution is 2.33. The Hall–Kier alpha value is -2.79. The van der Waals surface area contributed by atoms with Crippen LogP contribution in [0.25, 0.3) is 17.2 Å². The highest BCUT2D eigenvalue weighted by Gasteiger charge is 2.18. The van der Waals surface area contributed by atoms with Gasteiger partial charge in [-0.15, -0.1) is 0 Å². The number of hydrogen-bond acceptors (Lipinski definition) is 4. The van der Waals surface area contributed by atoms with Crippen LogP contribution in [0, 0.1) is 5.92 Å². The first-order valence-corrected chi connectivity index (χ1v) is 11.6. The van der Waals surface area contributed by atoms with Gasteiger partial charge in [0.2, 0.25) is 0 Å². The Morgan fingerprint density at radius 3 is 2.50 bits per heavy atom. The molecule has 1 heterocycles. The van der Waals surface area contributed by atoms with Gasteiger partial charge in [-0.2, -0.15) is 0 Å². The average molecular weight is 438 g/mol. The molecule has 1 N–H and O–H groups in total. The third kappa shape index (κ3) is 6.60. The summed E-state index contributed by atoms with van der Waals surface area (Å²) in [6, 6.07) is 14.4. The van der Waals surface area contributed by atoms with Crippen LogP contribution < -0.4 is 9.64 Å². The molecule has 172 valence electrons. The third-order valence-electron chi connectivity index (χ3n) is 5.46. The Morgan fingerprint density at radius 1 is 1.06 bits per heavy atom. The van der Waals surface area contributed by atoms with Gasteiger partial charge in [0.1, 0.15) is 12.4 Å². The molecule has 0 aromatic heterocycles. The molecular formula is C27H35NO4. The SMILES string of the molecule is CCCOCCOc1ccc(-c2ccc3c(c2)/C=C(/C(=O)O)CCCN3CC(C)C)cc1. The number of anilines is 1. The van der Waals surface area contributed by atoms with Crippen molar-refractivity contribution in [1.29, 1.82) is 0 Å². The number of fused-ring (bicyclic) bond motifs is 1. The lowest BCUT2D eigenvalue weighted by atomic mass is 9.96. The maximum atomic E-state index is 11.7. The molecule has 1 aliphatic rings. The summed E-state index contributed by atoms with van der Waals surface area (Å²) in [4.78, 5) is 14.1. The van der Waals surface area contributed by atoms with E-state index in [1.807, 2.05) is 30.3 Å². The molecule has 0 saturated carbocycles. The predicted molar refractivity (Wildman–Crippen MR) is 130 cm³/mol. The molecule has 32 heavy (non-hydrogen) atoms. The molecule has 0 saturated heterocycles. The van der Waals surface area contributed by atoms with Crippen molar-refractivity contribution in [3.05, 3.63) is 53.6 Å². The van der Waals surface area contributed by atoms with Crippen molar-refractivity contribution in [2.75, 3.05) is 37.8 Å². The number of ether oxygens (including phenoxy) is 2. The van der Waals surface area contributed by atoms with Crippen LogP contribution in [-0.4, -0.2) is 44.0 Å². The molecule has 2 aromatic carbocycles. The molecular weight excluding hydrogens is 402 g/mol. The van der Waals surface area contributed by atoms with Crippen molar-refractivity contribution in [2.45, 2.75) is 40.0 Å². The van der Waals surface area contributed by atoms with E-state index in [9.17, 15) is 9.90 Å². The summed E-state index contributed by atoms with van der Waals surface area (Å²) in [6.07, 6.45) is 4.29. The summed E-state index contributed by atoms with van der Waals surface area (Å²) in [5.74, 6) is 0.518. The highest BCUT2D eigenvalue weighted by atomic mass is 16.5. The van der Waals surface area contributed by atoms with Crippen LogP contribution in [-0.2, 0) is 9.53 Å². The minimum Gasteiger partial charge on any atom is -0.491 e. The maximum absolute atomic E-state index is 11.7. The van der Waals surface area contributed by atoms with Crippen LogP contribution in [0.15, 0.2) is 48.0 Å². The second-order valence-corrected chi connectivity index (χ2v) is 8.68. The normalized spacial score (nSPS) is 15.5. The third-order valence-corrected chi connectivity index (χ3v) is 5.46. The molecule has 3 rings (SSSR count). The number of carboxylic acids is 1. The van der Waals surface area contributed by atoms with E-state index in [2.05, 4.69) is 43.9 Å². The van der Waals surface area contributed by atoms with E-state index in [1.165, 1.54) is 0 Å². The number of benzene rings is 2. The molecule has 0 radical (unpaired) electrons. The first kappa shape index (κ1) is 23.9. The van der Waals surface area contributed by atoms with Crippen molar-refractivity contribution in [1.82, 2.24) is 0 Å². The molecule has 0 unspecified atom stereocenters. The molecule has 0 spiro atoms. The minimum absolute atomic E-state index is 0.474. The number of aliphatic carboxylic acids is 1. The zero-order chi connectivity index (χ0) is 22.9. The van der Waals surface area contributed by atoms with E-state index in [-0.39, 0.29) is 0 Å². The summed E-state index contributed by atoms with van der Waals surface area (Å²) in [5, 5.41) is 9.62. The second kappa shape index (κ2) is 11.7. The van der Waals surface area contributed by atoms with Crippen molar-refractivity contribution in [2.24, 2.45) is 5.92 Å². The van der Waals surface area contributed by atoms with E-state index >= 15 is 0 Å². The van der Waals surface area contributed by atoms with E-state index in [1.54, 1.807) is 0 Å². The average Bonchev–Trinajstić information content (AvgIpc) is 2.76.